The molecule has 1 amide bonds. The first-order valence-corrected chi connectivity index (χ1v) is 6.85. The smallest absolute Gasteiger partial charge is 0.238 e. The third-order valence-corrected chi connectivity index (χ3v) is 2.93. The lowest BCUT2D eigenvalue weighted by atomic mass is 10.3. The molecule has 2 aromatic rings. The van der Waals surface area contributed by atoms with Gasteiger partial charge in [-0.1, -0.05) is 17.7 Å². The number of hydrogen-bond donors (Lipinski definition) is 2. The van der Waals surface area contributed by atoms with Gasteiger partial charge >= 0.3 is 0 Å². The van der Waals surface area contributed by atoms with Crippen LogP contribution in [0.1, 0.15) is 6.42 Å². The van der Waals surface area contributed by atoms with Crippen molar-refractivity contribution in [3.8, 4) is 0 Å². The highest BCUT2D eigenvalue weighted by Crippen LogP contribution is 2.14. The molecule has 0 aliphatic carbocycles. The van der Waals surface area contributed by atoms with E-state index in [1.807, 2.05) is 23.0 Å². The molecular formula is C14H17ClN4O. The van der Waals surface area contributed by atoms with Crippen LogP contribution in [0.15, 0.2) is 42.7 Å². The summed E-state index contributed by atoms with van der Waals surface area (Å²) in [5.74, 6) is -0.0774. The summed E-state index contributed by atoms with van der Waals surface area (Å²) in [4.78, 5) is 11.7. The molecule has 1 heterocycles. The molecule has 0 radical (unpaired) electrons. The molecular weight excluding hydrogens is 276 g/mol. The maximum atomic E-state index is 11.7. The van der Waals surface area contributed by atoms with Crippen LogP contribution < -0.4 is 10.6 Å². The molecule has 0 unspecified atom stereocenters. The van der Waals surface area contributed by atoms with E-state index < -0.39 is 0 Å². The summed E-state index contributed by atoms with van der Waals surface area (Å²) < 4.78 is 1.87. The number of nitrogens with zero attached hydrogens (tertiary/aromatic N) is 2. The SMILES string of the molecule is O=C(CNCCCn1cccn1)Nc1cccc(Cl)c1. The Morgan fingerprint density at radius 1 is 1.35 bits per heavy atom. The molecule has 0 spiro atoms. The number of rotatable bonds is 7. The Morgan fingerprint density at radius 2 is 2.25 bits per heavy atom. The van der Waals surface area contributed by atoms with Gasteiger partial charge in [0.2, 0.25) is 5.91 Å². The molecule has 0 bridgehead atoms. The molecule has 6 heteroatoms. The fraction of sp³-hybridized carbons (Fsp3) is 0.286. The van der Waals surface area contributed by atoms with Crippen LogP contribution in [0.2, 0.25) is 5.02 Å². The number of hydrogen-bond acceptors (Lipinski definition) is 3. The van der Waals surface area contributed by atoms with Crippen molar-refractivity contribution >= 4 is 23.2 Å². The van der Waals surface area contributed by atoms with Gasteiger partial charge in [0.05, 0.1) is 6.54 Å². The lowest BCUT2D eigenvalue weighted by molar-refractivity contribution is -0.115. The van der Waals surface area contributed by atoms with Crippen LogP contribution in [0.4, 0.5) is 5.69 Å². The third-order valence-electron chi connectivity index (χ3n) is 2.69. The number of halogens is 1. The van der Waals surface area contributed by atoms with E-state index in [0.29, 0.717) is 10.7 Å². The Labute approximate surface area is 122 Å². The summed E-state index contributed by atoms with van der Waals surface area (Å²) in [5.41, 5.74) is 0.709. The summed E-state index contributed by atoms with van der Waals surface area (Å²) in [7, 11) is 0. The summed E-state index contributed by atoms with van der Waals surface area (Å²) in [5, 5.41) is 10.6. The Bertz CT molecular complexity index is 542. The second-order valence-electron chi connectivity index (χ2n) is 4.36. The highest BCUT2D eigenvalue weighted by Gasteiger charge is 2.02. The molecule has 20 heavy (non-hydrogen) atoms. The van der Waals surface area contributed by atoms with E-state index in [0.717, 1.165) is 19.5 Å². The molecule has 0 fully saturated rings. The van der Waals surface area contributed by atoms with Crippen LogP contribution >= 0.6 is 11.6 Å². The number of carbonyl (C=O) groups is 1. The molecule has 106 valence electrons. The number of aryl methyl sites for hydroxylation is 1. The van der Waals surface area contributed by atoms with Gasteiger partial charge < -0.3 is 10.6 Å². The second-order valence-corrected chi connectivity index (χ2v) is 4.79. The van der Waals surface area contributed by atoms with Crippen molar-refractivity contribution in [2.45, 2.75) is 13.0 Å². The highest BCUT2D eigenvalue weighted by molar-refractivity contribution is 6.30. The number of amides is 1. The summed E-state index contributed by atoms with van der Waals surface area (Å²) >= 11 is 5.85. The number of anilines is 1. The van der Waals surface area contributed by atoms with Crippen molar-refractivity contribution in [2.75, 3.05) is 18.4 Å². The fourth-order valence-electron chi connectivity index (χ4n) is 1.77. The van der Waals surface area contributed by atoms with Gasteiger partial charge in [-0.2, -0.15) is 5.10 Å². The van der Waals surface area contributed by atoms with Gasteiger partial charge in [-0.05, 0) is 37.2 Å². The maximum Gasteiger partial charge on any atom is 0.238 e. The number of aromatic nitrogens is 2. The minimum absolute atomic E-state index is 0.0774. The van der Waals surface area contributed by atoms with E-state index in [4.69, 9.17) is 11.6 Å². The first-order chi connectivity index (χ1) is 9.74. The van der Waals surface area contributed by atoms with Crippen molar-refractivity contribution in [1.29, 1.82) is 0 Å². The first-order valence-electron chi connectivity index (χ1n) is 6.47. The predicted octanol–water partition coefficient (Wildman–Crippen LogP) is 2.15. The zero-order valence-corrected chi connectivity index (χ0v) is 11.8. The van der Waals surface area contributed by atoms with E-state index >= 15 is 0 Å². The molecule has 0 saturated heterocycles. The zero-order chi connectivity index (χ0) is 14.2. The maximum absolute atomic E-state index is 11.7. The van der Waals surface area contributed by atoms with E-state index in [-0.39, 0.29) is 12.5 Å². The monoisotopic (exact) mass is 292 g/mol. The van der Waals surface area contributed by atoms with Gasteiger partial charge in [-0.3, -0.25) is 9.48 Å². The standard InChI is InChI=1S/C14H17ClN4O/c15-12-4-1-5-13(10-12)18-14(20)11-16-6-2-8-19-9-3-7-17-19/h1,3-5,7,9-10,16H,2,6,8,11H2,(H,18,20). The fourth-order valence-corrected chi connectivity index (χ4v) is 1.96. The van der Waals surface area contributed by atoms with Crippen LogP contribution in [-0.4, -0.2) is 28.8 Å². The Balaban J connectivity index is 1.60. The van der Waals surface area contributed by atoms with E-state index in [2.05, 4.69) is 15.7 Å². The molecule has 2 N–H and O–H groups in total. The first kappa shape index (κ1) is 14.6. The van der Waals surface area contributed by atoms with Crippen LogP contribution in [0.5, 0.6) is 0 Å². The predicted molar refractivity (Wildman–Crippen MR) is 79.8 cm³/mol. The lowest BCUT2D eigenvalue weighted by Crippen LogP contribution is -2.29. The highest BCUT2D eigenvalue weighted by atomic mass is 35.5. The number of nitrogens with one attached hydrogen (secondary N) is 2. The topological polar surface area (TPSA) is 59.0 Å². The summed E-state index contributed by atoms with van der Waals surface area (Å²) in [6, 6.07) is 8.99. The molecule has 5 nitrogen and oxygen atoms in total. The minimum Gasteiger partial charge on any atom is -0.325 e. The van der Waals surface area contributed by atoms with Gasteiger partial charge in [0, 0.05) is 29.6 Å². The van der Waals surface area contributed by atoms with Crippen molar-refractivity contribution in [3.05, 3.63) is 47.7 Å². The van der Waals surface area contributed by atoms with E-state index in [9.17, 15) is 4.79 Å². The molecule has 2 rings (SSSR count). The molecule has 1 aromatic heterocycles. The van der Waals surface area contributed by atoms with Crippen molar-refractivity contribution in [2.24, 2.45) is 0 Å². The van der Waals surface area contributed by atoms with Gasteiger partial charge in [-0.25, -0.2) is 0 Å². The number of benzene rings is 1. The van der Waals surface area contributed by atoms with Crippen LogP contribution in [-0.2, 0) is 11.3 Å². The molecule has 1 aromatic carbocycles. The van der Waals surface area contributed by atoms with E-state index in [1.165, 1.54) is 0 Å². The quantitative estimate of drug-likeness (QED) is 0.769. The minimum atomic E-state index is -0.0774. The molecule has 0 aliphatic heterocycles. The van der Waals surface area contributed by atoms with Gasteiger partial charge in [0.25, 0.3) is 0 Å². The van der Waals surface area contributed by atoms with E-state index in [1.54, 1.807) is 24.4 Å². The van der Waals surface area contributed by atoms with Crippen molar-refractivity contribution < 1.29 is 4.79 Å². The lowest BCUT2D eigenvalue weighted by Gasteiger charge is -2.07. The molecule has 0 aliphatic rings. The van der Waals surface area contributed by atoms with Gasteiger partial charge in [-0.15, -0.1) is 0 Å². The normalized spacial score (nSPS) is 10.4. The van der Waals surface area contributed by atoms with Crippen molar-refractivity contribution in [3.63, 3.8) is 0 Å². The Kier molecular flexibility index (Phi) is 5.58. The largest absolute Gasteiger partial charge is 0.325 e. The van der Waals surface area contributed by atoms with Gasteiger partial charge in [0.15, 0.2) is 0 Å². The van der Waals surface area contributed by atoms with Crippen molar-refractivity contribution in [1.82, 2.24) is 15.1 Å². The Morgan fingerprint density at radius 3 is 3.00 bits per heavy atom. The zero-order valence-electron chi connectivity index (χ0n) is 11.1. The van der Waals surface area contributed by atoms with Crippen LogP contribution in [0.3, 0.4) is 0 Å². The second kappa shape index (κ2) is 7.67. The Hall–Kier alpha value is -1.85. The third kappa shape index (κ3) is 5.03. The summed E-state index contributed by atoms with van der Waals surface area (Å²) in [6.45, 7) is 1.89. The average molecular weight is 293 g/mol. The number of carbonyl (C=O) groups excluding carboxylic acids is 1. The summed E-state index contributed by atoms with van der Waals surface area (Å²) in [6.07, 6.45) is 4.60. The average Bonchev–Trinajstić information content (AvgIpc) is 2.91. The van der Waals surface area contributed by atoms with Gasteiger partial charge in [0.1, 0.15) is 0 Å². The molecule has 0 saturated carbocycles. The molecule has 0 atom stereocenters. The van der Waals surface area contributed by atoms with Crippen LogP contribution in [0.25, 0.3) is 0 Å². The van der Waals surface area contributed by atoms with Crippen LogP contribution in [0, 0.1) is 0 Å².